The Labute approximate surface area is 164 Å². The number of ether oxygens (including phenoxy) is 1. The molecule has 0 aliphatic rings. The highest BCUT2D eigenvalue weighted by molar-refractivity contribution is 5.87. The van der Waals surface area contributed by atoms with Gasteiger partial charge in [0.1, 0.15) is 12.3 Å². The lowest BCUT2D eigenvalue weighted by Gasteiger charge is -2.11. The molecule has 3 aromatic rings. The Morgan fingerprint density at radius 1 is 1.24 bits per heavy atom. The molecule has 0 aliphatic heterocycles. The topological polar surface area (TPSA) is 128 Å². The van der Waals surface area contributed by atoms with Gasteiger partial charge in [0, 0.05) is 17.8 Å². The lowest BCUT2D eigenvalue weighted by atomic mass is 10.2. The number of aryl methyl sites for hydroxylation is 1. The summed E-state index contributed by atoms with van der Waals surface area (Å²) in [6.45, 7) is 1.43. The number of nitro groups is 1. The Morgan fingerprint density at radius 3 is 2.59 bits per heavy atom. The van der Waals surface area contributed by atoms with Crippen molar-refractivity contribution in [1.82, 2.24) is 9.78 Å². The molecule has 9 nitrogen and oxygen atoms in total. The summed E-state index contributed by atoms with van der Waals surface area (Å²) in [6, 6.07) is 15.4. The van der Waals surface area contributed by atoms with Crippen LogP contribution in [0.3, 0.4) is 0 Å². The summed E-state index contributed by atoms with van der Waals surface area (Å²) in [4.78, 5) is 35.3. The van der Waals surface area contributed by atoms with Crippen molar-refractivity contribution in [2.24, 2.45) is 0 Å². The van der Waals surface area contributed by atoms with Crippen molar-refractivity contribution in [2.75, 3.05) is 0 Å². The lowest BCUT2D eigenvalue weighted by molar-refractivity contribution is -0.384. The van der Waals surface area contributed by atoms with Crippen LogP contribution in [0.1, 0.15) is 27.3 Å². The molecule has 2 aromatic carbocycles. The maximum absolute atomic E-state index is 12.4. The van der Waals surface area contributed by atoms with Crippen LogP contribution in [0.4, 0.5) is 5.69 Å². The maximum Gasteiger partial charge on any atom is 0.363 e. The van der Waals surface area contributed by atoms with E-state index in [9.17, 15) is 19.7 Å². The number of benzene rings is 2. The number of para-hydroxylation sites is 2. The van der Waals surface area contributed by atoms with E-state index in [0.717, 1.165) is 4.68 Å². The van der Waals surface area contributed by atoms with Gasteiger partial charge in [0.15, 0.2) is 0 Å². The molecule has 0 atom stereocenters. The first-order valence-electron chi connectivity index (χ1n) is 8.41. The van der Waals surface area contributed by atoms with Crippen LogP contribution in [0, 0.1) is 28.4 Å². The zero-order valence-corrected chi connectivity index (χ0v) is 15.2. The van der Waals surface area contributed by atoms with E-state index in [1.54, 1.807) is 37.3 Å². The van der Waals surface area contributed by atoms with E-state index in [1.807, 2.05) is 6.07 Å². The molecule has 0 unspecified atom stereocenters. The second-order valence-electron chi connectivity index (χ2n) is 6.04. The smallest absolute Gasteiger partial charge is 0.363 e. The van der Waals surface area contributed by atoms with Crippen molar-refractivity contribution in [3.8, 4) is 11.8 Å². The number of nitriles is 1. The Hall–Kier alpha value is -4.32. The van der Waals surface area contributed by atoms with Gasteiger partial charge in [0.05, 0.1) is 16.6 Å². The molecule has 0 radical (unpaired) electrons. The molecule has 144 valence electrons. The number of rotatable bonds is 5. The van der Waals surface area contributed by atoms with E-state index in [-0.39, 0.29) is 18.0 Å². The highest BCUT2D eigenvalue weighted by atomic mass is 16.6. The number of hydrogen-bond acceptors (Lipinski definition) is 7. The minimum absolute atomic E-state index is 0.120. The fourth-order valence-corrected chi connectivity index (χ4v) is 2.62. The molecule has 0 saturated heterocycles. The van der Waals surface area contributed by atoms with Gasteiger partial charge in [0.2, 0.25) is 11.1 Å². The van der Waals surface area contributed by atoms with Crippen LogP contribution >= 0.6 is 0 Å². The molecule has 3 rings (SSSR count). The summed E-state index contributed by atoms with van der Waals surface area (Å²) >= 11 is 0. The molecule has 0 N–H and O–H groups in total. The van der Waals surface area contributed by atoms with Gasteiger partial charge < -0.3 is 4.74 Å². The van der Waals surface area contributed by atoms with Crippen LogP contribution in [-0.4, -0.2) is 20.7 Å². The molecule has 1 heterocycles. The molecule has 0 aliphatic carbocycles. The van der Waals surface area contributed by atoms with Crippen LogP contribution in [0.2, 0.25) is 0 Å². The third-order valence-electron chi connectivity index (χ3n) is 4.06. The Morgan fingerprint density at radius 2 is 1.93 bits per heavy atom. The van der Waals surface area contributed by atoms with Crippen molar-refractivity contribution in [3.63, 3.8) is 0 Å². The highest BCUT2D eigenvalue weighted by Gasteiger charge is 2.21. The first-order valence-corrected chi connectivity index (χ1v) is 8.41. The van der Waals surface area contributed by atoms with E-state index in [4.69, 9.17) is 10.00 Å². The predicted octanol–water partition coefficient (Wildman–Crippen LogP) is 2.68. The van der Waals surface area contributed by atoms with Crippen molar-refractivity contribution >= 4 is 11.7 Å². The number of esters is 1. The Balaban J connectivity index is 1.91. The third kappa shape index (κ3) is 4.17. The predicted molar refractivity (Wildman–Crippen MR) is 102 cm³/mol. The summed E-state index contributed by atoms with van der Waals surface area (Å²) in [7, 11) is 0. The largest absolute Gasteiger partial charge is 0.456 e. The summed E-state index contributed by atoms with van der Waals surface area (Å²) in [5, 5.41) is 24.1. The van der Waals surface area contributed by atoms with Gasteiger partial charge in [-0.2, -0.15) is 10.4 Å². The van der Waals surface area contributed by atoms with Crippen molar-refractivity contribution in [3.05, 3.63) is 97.4 Å². The molecular weight excluding hydrogens is 376 g/mol. The molecule has 0 amide bonds. The summed E-state index contributed by atoms with van der Waals surface area (Å²) in [5.74, 6) is -0.952. The van der Waals surface area contributed by atoms with E-state index in [1.165, 1.54) is 24.3 Å². The monoisotopic (exact) mass is 390 g/mol. The lowest BCUT2D eigenvalue weighted by Crippen LogP contribution is -2.24. The van der Waals surface area contributed by atoms with E-state index < -0.39 is 22.0 Å². The summed E-state index contributed by atoms with van der Waals surface area (Å²) in [5.41, 5.74) is 0.188. The van der Waals surface area contributed by atoms with Gasteiger partial charge in [-0.3, -0.25) is 14.9 Å². The number of nitrogens with zero attached hydrogens (tertiary/aromatic N) is 4. The second-order valence-corrected chi connectivity index (χ2v) is 6.04. The van der Waals surface area contributed by atoms with Crippen LogP contribution < -0.4 is 5.43 Å². The molecule has 0 spiro atoms. The van der Waals surface area contributed by atoms with Crippen molar-refractivity contribution in [1.29, 1.82) is 5.26 Å². The van der Waals surface area contributed by atoms with Gasteiger partial charge in [0.25, 0.3) is 5.69 Å². The van der Waals surface area contributed by atoms with Gasteiger partial charge in [-0.15, -0.1) is 0 Å². The second kappa shape index (κ2) is 8.14. The van der Waals surface area contributed by atoms with E-state index in [2.05, 4.69) is 5.10 Å². The minimum atomic E-state index is -0.952. The van der Waals surface area contributed by atoms with Gasteiger partial charge in [-0.25, -0.2) is 9.48 Å². The quantitative estimate of drug-likeness (QED) is 0.372. The van der Waals surface area contributed by atoms with Gasteiger partial charge >= 0.3 is 5.97 Å². The Kier molecular flexibility index (Phi) is 5.46. The maximum atomic E-state index is 12.4. The fraction of sp³-hybridized carbons (Fsp3) is 0.100. The summed E-state index contributed by atoms with van der Waals surface area (Å²) < 4.78 is 6.31. The molecule has 9 heteroatoms. The minimum Gasteiger partial charge on any atom is -0.456 e. The zero-order valence-electron chi connectivity index (χ0n) is 15.2. The third-order valence-corrected chi connectivity index (χ3v) is 4.06. The number of nitro benzene ring substituents is 1. The van der Waals surface area contributed by atoms with E-state index in [0.29, 0.717) is 16.8 Å². The first-order chi connectivity index (χ1) is 13.9. The molecule has 0 bridgehead atoms. The number of hydrogen-bond donors (Lipinski definition) is 0. The molecule has 0 saturated carbocycles. The fourth-order valence-electron chi connectivity index (χ4n) is 2.62. The normalized spacial score (nSPS) is 10.2. The average Bonchev–Trinajstić information content (AvgIpc) is 2.72. The zero-order chi connectivity index (χ0) is 21.0. The van der Waals surface area contributed by atoms with Crippen LogP contribution in [0.15, 0.2) is 59.4 Å². The first kappa shape index (κ1) is 19.4. The van der Waals surface area contributed by atoms with Gasteiger partial charge in [-0.05, 0) is 30.7 Å². The van der Waals surface area contributed by atoms with E-state index >= 15 is 0 Å². The molecule has 0 fully saturated rings. The van der Waals surface area contributed by atoms with Crippen LogP contribution in [0.5, 0.6) is 0 Å². The molecule has 1 aromatic heterocycles. The van der Waals surface area contributed by atoms with Crippen molar-refractivity contribution in [2.45, 2.75) is 13.5 Å². The number of carbonyl (C=O) groups excluding carboxylic acids is 1. The van der Waals surface area contributed by atoms with Crippen molar-refractivity contribution < 1.29 is 14.5 Å². The standard InChI is InChI=1S/C20H14N4O5/c1-13-10-18(25)19(20(26)29-12-15-8-6-14(11-21)7-9-15)22-23(13)16-4-2-3-5-17(16)24(27)28/h2-10H,12H2,1H3. The molecule has 29 heavy (non-hydrogen) atoms. The highest BCUT2D eigenvalue weighted by Crippen LogP contribution is 2.22. The SMILES string of the molecule is Cc1cc(=O)c(C(=O)OCc2ccc(C#N)cc2)nn1-c1ccccc1[N+](=O)[O-]. The number of aromatic nitrogens is 2. The average molecular weight is 390 g/mol. The van der Waals surface area contributed by atoms with Crippen LogP contribution in [0.25, 0.3) is 5.69 Å². The van der Waals surface area contributed by atoms with Crippen LogP contribution in [-0.2, 0) is 11.3 Å². The summed E-state index contributed by atoms with van der Waals surface area (Å²) in [6.07, 6.45) is 0. The Bertz CT molecular complexity index is 1190. The molecular formula is C20H14N4O5. The van der Waals surface area contributed by atoms with Gasteiger partial charge in [-0.1, -0.05) is 24.3 Å². The number of carbonyl (C=O) groups is 1.